The molecule has 0 spiro atoms. The van der Waals surface area contributed by atoms with Crippen LogP contribution in [0, 0.1) is 0 Å². The summed E-state index contributed by atoms with van der Waals surface area (Å²) in [5, 5.41) is 0.627. The number of benzene rings is 1. The maximum atomic E-state index is 11.4. The average Bonchev–Trinajstić information content (AvgIpc) is 2.42. The lowest BCUT2D eigenvalue weighted by atomic mass is 10.1. The molecule has 2 rings (SSSR count). The number of ether oxygens (including phenoxy) is 1. The van der Waals surface area contributed by atoms with Crippen molar-refractivity contribution >= 4 is 17.6 Å². The lowest BCUT2D eigenvalue weighted by molar-refractivity contribution is 0.0600. The van der Waals surface area contributed by atoms with Gasteiger partial charge in [-0.2, -0.15) is 0 Å². The van der Waals surface area contributed by atoms with Crippen LogP contribution in [-0.4, -0.2) is 56.1 Å². The quantitative estimate of drug-likeness (QED) is 0.793. The number of carbonyl (C=O) groups is 1. The smallest absolute Gasteiger partial charge is 0.337 e. The van der Waals surface area contributed by atoms with E-state index in [0.29, 0.717) is 10.6 Å². The molecule has 0 atom stereocenters. The Hall–Kier alpha value is -1.10. The average molecular weight is 283 g/mol. The van der Waals surface area contributed by atoms with Crippen LogP contribution in [0.3, 0.4) is 0 Å². The summed E-state index contributed by atoms with van der Waals surface area (Å²) in [7, 11) is 3.50. The van der Waals surface area contributed by atoms with Crippen molar-refractivity contribution in [2.45, 2.75) is 6.54 Å². The first-order chi connectivity index (χ1) is 9.10. The molecular formula is C14H19ClN2O2. The van der Waals surface area contributed by atoms with Crippen molar-refractivity contribution in [3.05, 3.63) is 34.3 Å². The van der Waals surface area contributed by atoms with Crippen molar-refractivity contribution in [3.63, 3.8) is 0 Å². The fourth-order valence-electron chi connectivity index (χ4n) is 2.17. The van der Waals surface area contributed by atoms with Gasteiger partial charge in [-0.25, -0.2) is 4.79 Å². The number of hydrogen-bond acceptors (Lipinski definition) is 4. The number of rotatable bonds is 3. The minimum atomic E-state index is -0.354. The zero-order chi connectivity index (χ0) is 13.8. The Morgan fingerprint density at radius 1 is 1.32 bits per heavy atom. The van der Waals surface area contributed by atoms with Crippen LogP contribution in [0.15, 0.2) is 18.2 Å². The van der Waals surface area contributed by atoms with Crippen LogP contribution < -0.4 is 0 Å². The molecule has 1 saturated heterocycles. The number of methoxy groups -OCH3 is 1. The van der Waals surface area contributed by atoms with E-state index in [2.05, 4.69) is 21.6 Å². The Bertz CT molecular complexity index is 457. The first-order valence-electron chi connectivity index (χ1n) is 6.38. The second-order valence-corrected chi connectivity index (χ2v) is 5.28. The summed E-state index contributed by atoms with van der Waals surface area (Å²) in [6, 6.07) is 5.36. The van der Waals surface area contributed by atoms with Crippen LogP contribution in [0.5, 0.6) is 0 Å². The highest BCUT2D eigenvalue weighted by Gasteiger charge is 2.16. The normalized spacial score (nSPS) is 17.4. The number of nitrogens with zero attached hydrogens (tertiary/aromatic N) is 2. The van der Waals surface area contributed by atoms with E-state index in [0.717, 1.165) is 38.3 Å². The van der Waals surface area contributed by atoms with Crippen molar-refractivity contribution in [3.8, 4) is 0 Å². The molecule has 0 aromatic heterocycles. The van der Waals surface area contributed by atoms with Gasteiger partial charge in [0.05, 0.1) is 12.7 Å². The van der Waals surface area contributed by atoms with Gasteiger partial charge >= 0.3 is 5.97 Å². The molecule has 104 valence electrons. The Labute approximate surface area is 118 Å². The zero-order valence-electron chi connectivity index (χ0n) is 11.4. The molecule has 19 heavy (non-hydrogen) atoms. The van der Waals surface area contributed by atoms with Crippen molar-refractivity contribution in [2.24, 2.45) is 0 Å². The van der Waals surface area contributed by atoms with Crippen LogP contribution in [0.25, 0.3) is 0 Å². The van der Waals surface area contributed by atoms with Gasteiger partial charge < -0.3 is 9.64 Å². The highest BCUT2D eigenvalue weighted by atomic mass is 35.5. The van der Waals surface area contributed by atoms with Gasteiger partial charge in [0, 0.05) is 37.7 Å². The Morgan fingerprint density at radius 2 is 2.00 bits per heavy atom. The summed E-state index contributed by atoms with van der Waals surface area (Å²) in [5.74, 6) is -0.354. The number of piperazine rings is 1. The summed E-state index contributed by atoms with van der Waals surface area (Å²) >= 11 is 6.23. The number of carbonyl (C=O) groups excluding carboxylic acids is 1. The first-order valence-corrected chi connectivity index (χ1v) is 6.75. The van der Waals surface area contributed by atoms with E-state index in [4.69, 9.17) is 11.6 Å². The molecule has 1 heterocycles. The van der Waals surface area contributed by atoms with Gasteiger partial charge in [-0.3, -0.25) is 4.90 Å². The number of halogens is 1. The molecule has 0 N–H and O–H groups in total. The maximum Gasteiger partial charge on any atom is 0.337 e. The van der Waals surface area contributed by atoms with Crippen LogP contribution in [0.2, 0.25) is 5.02 Å². The van der Waals surface area contributed by atoms with Crippen molar-refractivity contribution in [1.82, 2.24) is 9.80 Å². The van der Waals surface area contributed by atoms with E-state index in [1.165, 1.54) is 7.11 Å². The van der Waals surface area contributed by atoms with Gasteiger partial charge in [0.15, 0.2) is 0 Å². The number of hydrogen-bond donors (Lipinski definition) is 0. The Balaban J connectivity index is 2.03. The van der Waals surface area contributed by atoms with Crippen molar-refractivity contribution in [1.29, 1.82) is 0 Å². The van der Waals surface area contributed by atoms with Crippen LogP contribution in [0.1, 0.15) is 15.9 Å². The Kier molecular flexibility index (Phi) is 4.80. The van der Waals surface area contributed by atoms with Crippen LogP contribution in [-0.2, 0) is 11.3 Å². The molecular weight excluding hydrogens is 264 g/mol. The Morgan fingerprint density at radius 3 is 2.58 bits per heavy atom. The molecule has 0 aliphatic carbocycles. The van der Waals surface area contributed by atoms with Gasteiger partial charge in [-0.05, 0) is 24.7 Å². The minimum Gasteiger partial charge on any atom is -0.465 e. The fraction of sp³-hybridized carbons (Fsp3) is 0.500. The molecule has 1 aromatic carbocycles. The number of likely N-dealkylation sites (N-methyl/N-ethyl adjacent to an activating group) is 1. The third-order valence-electron chi connectivity index (χ3n) is 3.46. The molecule has 0 unspecified atom stereocenters. The van der Waals surface area contributed by atoms with Gasteiger partial charge in [0.1, 0.15) is 0 Å². The van der Waals surface area contributed by atoms with E-state index in [-0.39, 0.29) is 5.97 Å². The molecule has 4 nitrogen and oxygen atoms in total. The summed E-state index contributed by atoms with van der Waals surface area (Å²) in [6.07, 6.45) is 0. The highest BCUT2D eigenvalue weighted by molar-refractivity contribution is 6.31. The summed E-state index contributed by atoms with van der Waals surface area (Å²) in [5.41, 5.74) is 1.55. The fourth-order valence-corrected chi connectivity index (χ4v) is 2.41. The molecule has 0 saturated carbocycles. The van der Waals surface area contributed by atoms with Gasteiger partial charge in [-0.15, -0.1) is 0 Å². The topological polar surface area (TPSA) is 32.8 Å². The van der Waals surface area contributed by atoms with E-state index in [9.17, 15) is 4.79 Å². The van der Waals surface area contributed by atoms with Crippen LogP contribution >= 0.6 is 11.6 Å². The van der Waals surface area contributed by atoms with E-state index >= 15 is 0 Å². The predicted octanol–water partition coefficient (Wildman–Crippen LogP) is 1.87. The van der Waals surface area contributed by atoms with E-state index in [1.54, 1.807) is 12.1 Å². The first kappa shape index (κ1) is 14.3. The standard InChI is InChI=1S/C14H19ClN2O2/c1-16-5-7-17(8-6-16)10-12-4-3-11(9-13(12)15)14(18)19-2/h3-4,9H,5-8,10H2,1-2H3. The SMILES string of the molecule is COC(=O)c1ccc(CN2CCN(C)CC2)c(Cl)c1. The molecule has 5 heteroatoms. The molecule has 1 aliphatic heterocycles. The van der Waals surface area contributed by atoms with Crippen molar-refractivity contribution < 1.29 is 9.53 Å². The summed E-state index contributed by atoms with van der Waals surface area (Å²) in [4.78, 5) is 16.1. The minimum absolute atomic E-state index is 0.354. The summed E-state index contributed by atoms with van der Waals surface area (Å²) < 4.78 is 4.68. The second kappa shape index (κ2) is 6.37. The molecule has 1 fully saturated rings. The third-order valence-corrected chi connectivity index (χ3v) is 3.82. The molecule has 0 radical (unpaired) electrons. The molecule has 1 aromatic rings. The largest absolute Gasteiger partial charge is 0.465 e. The van der Waals surface area contributed by atoms with Crippen molar-refractivity contribution in [2.75, 3.05) is 40.3 Å². The molecule has 0 amide bonds. The summed E-state index contributed by atoms with van der Waals surface area (Å²) in [6.45, 7) is 5.08. The van der Waals surface area contributed by atoms with Gasteiger partial charge in [0.25, 0.3) is 0 Å². The second-order valence-electron chi connectivity index (χ2n) is 4.88. The molecule has 1 aliphatic rings. The van der Waals surface area contributed by atoms with Crippen LogP contribution in [0.4, 0.5) is 0 Å². The zero-order valence-corrected chi connectivity index (χ0v) is 12.1. The number of esters is 1. The predicted molar refractivity (Wildman–Crippen MR) is 75.6 cm³/mol. The van der Waals surface area contributed by atoms with Gasteiger partial charge in [-0.1, -0.05) is 17.7 Å². The van der Waals surface area contributed by atoms with Gasteiger partial charge in [0.2, 0.25) is 0 Å². The maximum absolute atomic E-state index is 11.4. The highest BCUT2D eigenvalue weighted by Crippen LogP contribution is 2.20. The van der Waals surface area contributed by atoms with E-state index < -0.39 is 0 Å². The lowest BCUT2D eigenvalue weighted by Gasteiger charge is -2.32. The third kappa shape index (κ3) is 3.69. The van der Waals surface area contributed by atoms with E-state index in [1.807, 2.05) is 6.07 Å². The monoisotopic (exact) mass is 282 g/mol. The molecule has 0 bridgehead atoms. The lowest BCUT2D eigenvalue weighted by Crippen LogP contribution is -2.43.